The predicted molar refractivity (Wildman–Crippen MR) is 81.4 cm³/mol. The number of unbranched alkanes of at least 4 members (excludes halogenated alkanes) is 1. The molecule has 0 heterocycles. The van der Waals surface area contributed by atoms with Crippen molar-refractivity contribution < 1.29 is 19.1 Å². The van der Waals surface area contributed by atoms with E-state index in [1.165, 1.54) is 7.11 Å². The van der Waals surface area contributed by atoms with Gasteiger partial charge in [0.15, 0.2) is 0 Å². The first-order chi connectivity index (χ1) is 9.26. The molecule has 1 atom stereocenters. The van der Waals surface area contributed by atoms with E-state index in [1.807, 2.05) is 34.6 Å². The molecule has 20 heavy (non-hydrogen) atoms. The second-order valence-corrected chi connectivity index (χ2v) is 5.56. The van der Waals surface area contributed by atoms with Crippen molar-refractivity contribution in [3.8, 4) is 0 Å². The minimum Gasteiger partial charge on any atom is -0.469 e. The summed E-state index contributed by atoms with van der Waals surface area (Å²) in [6.07, 6.45) is 3.74. The molecule has 0 saturated heterocycles. The van der Waals surface area contributed by atoms with Gasteiger partial charge in [0, 0.05) is 0 Å². The summed E-state index contributed by atoms with van der Waals surface area (Å²) in [5.74, 6) is -0.127. The van der Waals surface area contributed by atoms with Crippen LogP contribution in [0.1, 0.15) is 67.2 Å². The second-order valence-electron chi connectivity index (χ2n) is 5.56. The summed E-state index contributed by atoms with van der Waals surface area (Å²) < 4.78 is 9.56. The minimum atomic E-state index is -0.311. The zero-order valence-electron chi connectivity index (χ0n) is 14.2. The van der Waals surface area contributed by atoms with Gasteiger partial charge in [0.05, 0.1) is 25.0 Å². The van der Waals surface area contributed by atoms with Gasteiger partial charge in [-0.1, -0.05) is 34.1 Å². The van der Waals surface area contributed by atoms with Gasteiger partial charge in [0.2, 0.25) is 0 Å². The third-order valence-electron chi connectivity index (χ3n) is 3.38. The summed E-state index contributed by atoms with van der Waals surface area (Å²) >= 11 is 0. The molecule has 0 aliphatic rings. The predicted octanol–water partition coefficient (Wildman–Crippen LogP) is 3.97. The van der Waals surface area contributed by atoms with Gasteiger partial charge in [-0.3, -0.25) is 9.59 Å². The van der Waals surface area contributed by atoms with Crippen LogP contribution in [0.25, 0.3) is 0 Å². The number of rotatable bonds is 7. The number of esters is 2. The van der Waals surface area contributed by atoms with Gasteiger partial charge in [0.1, 0.15) is 0 Å². The SMILES string of the molecule is CCC(C)(C)C(=O)OC.CCCCOC(=O)C(C)CC. The Hall–Kier alpha value is -1.06. The Kier molecular flexibility index (Phi) is 12.5. The zero-order chi connectivity index (χ0) is 16.2. The zero-order valence-corrected chi connectivity index (χ0v) is 14.2. The lowest BCUT2D eigenvalue weighted by atomic mass is 9.91. The number of carbonyl (C=O) groups is 2. The second kappa shape index (κ2) is 11.7. The molecule has 0 aromatic carbocycles. The van der Waals surface area contributed by atoms with Gasteiger partial charge < -0.3 is 9.47 Å². The van der Waals surface area contributed by atoms with Gasteiger partial charge in [-0.05, 0) is 33.1 Å². The third kappa shape index (κ3) is 9.82. The van der Waals surface area contributed by atoms with Gasteiger partial charge in [-0.25, -0.2) is 0 Å². The topological polar surface area (TPSA) is 52.6 Å². The molecule has 4 heteroatoms. The van der Waals surface area contributed by atoms with Gasteiger partial charge in [-0.15, -0.1) is 0 Å². The molecule has 0 aromatic heterocycles. The summed E-state index contributed by atoms with van der Waals surface area (Å²) in [5, 5.41) is 0. The molecule has 120 valence electrons. The van der Waals surface area contributed by atoms with Crippen molar-refractivity contribution >= 4 is 11.9 Å². The van der Waals surface area contributed by atoms with Crippen LogP contribution in [0.15, 0.2) is 0 Å². The first-order valence-electron chi connectivity index (χ1n) is 7.51. The third-order valence-corrected chi connectivity index (χ3v) is 3.38. The smallest absolute Gasteiger partial charge is 0.311 e. The summed E-state index contributed by atoms with van der Waals surface area (Å²) in [6, 6.07) is 0. The molecule has 0 spiro atoms. The molecule has 0 aliphatic heterocycles. The molecule has 0 aromatic rings. The van der Waals surface area contributed by atoms with Crippen LogP contribution in [0.2, 0.25) is 0 Å². The molecule has 4 nitrogen and oxygen atoms in total. The Balaban J connectivity index is 0. The quantitative estimate of drug-likeness (QED) is 0.525. The van der Waals surface area contributed by atoms with Crippen LogP contribution in [0.3, 0.4) is 0 Å². The maximum Gasteiger partial charge on any atom is 0.311 e. The summed E-state index contributed by atoms with van der Waals surface area (Å²) in [7, 11) is 1.42. The van der Waals surface area contributed by atoms with Gasteiger partial charge in [-0.2, -0.15) is 0 Å². The Morgan fingerprint density at radius 2 is 1.70 bits per heavy atom. The summed E-state index contributed by atoms with van der Waals surface area (Å²) in [5.41, 5.74) is -0.311. The molecule has 0 N–H and O–H groups in total. The minimum absolute atomic E-state index is 0.0547. The first kappa shape index (κ1) is 21.2. The molecule has 0 radical (unpaired) electrons. The van der Waals surface area contributed by atoms with E-state index in [-0.39, 0.29) is 23.3 Å². The summed E-state index contributed by atoms with van der Waals surface area (Å²) in [6.45, 7) is 12.3. The van der Waals surface area contributed by atoms with Crippen LogP contribution in [-0.4, -0.2) is 25.7 Å². The van der Waals surface area contributed by atoms with Crippen LogP contribution in [0, 0.1) is 11.3 Å². The van der Waals surface area contributed by atoms with Crippen molar-refractivity contribution in [2.24, 2.45) is 11.3 Å². The van der Waals surface area contributed by atoms with Crippen molar-refractivity contribution in [1.82, 2.24) is 0 Å². The molecule has 0 aliphatic carbocycles. The van der Waals surface area contributed by atoms with Crippen LogP contribution >= 0.6 is 0 Å². The number of hydrogen-bond acceptors (Lipinski definition) is 4. The van der Waals surface area contributed by atoms with Crippen LogP contribution < -0.4 is 0 Å². The van der Waals surface area contributed by atoms with E-state index in [2.05, 4.69) is 11.7 Å². The van der Waals surface area contributed by atoms with Gasteiger partial charge in [0.25, 0.3) is 0 Å². The van der Waals surface area contributed by atoms with E-state index < -0.39 is 0 Å². The highest BCUT2D eigenvalue weighted by Gasteiger charge is 2.25. The van der Waals surface area contributed by atoms with Crippen molar-refractivity contribution in [2.75, 3.05) is 13.7 Å². The van der Waals surface area contributed by atoms with Crippen molar-refractivity contribution in [3.05, 3.63) is 0 Å². The van der Waals surface area contributed by atoms with E-state index in [9.17, 15) is 9.59 Å². The molecular weight excluding hydrogens is 256 g/mol. The molecule has 0 fully saturated rings. The Morgan fingerprint density at radius 1 is 1.15 bits per heavy atom. The lowest BCUT2D eigenvalue weighted by molar-refractivity contribution is -0.151. The Labute approximate surface area is 124 Å². The van der Waals surface area contributed by atoms with Crippen molar-refractivity contribution in [1.29, 1.82) is 0 Å². The fraction of sp³-hybridized carbons (Fsp3) is 0.875. The van der Waals surface area contributed by atoms with Crippen LogP contribution in [-0.2, 0) is 19.1 Å². The lowest BCUT2D eigenvalue weighted by Crippen LogP contribution is -2.24. The fourth-order valence-corrected chi connectivity index (χ4v) is 1.05. The lowest BCUT2D eigenvalue weighted by Gasteiger charge is -2.17. The monoisotopic (exact) mass is 288 g/mol. The number of hydrogen-bond donors (Lipinski definition) is 0. The number of carbonyl (C=O) groups excluding carboxylic acids is 2. The molecule has 0 saturated carbocycles. The maximum atomic E-state index is 11.0. The van der Waals surface area contributed by atoms with Crippen LogP contribution in [0.5, 0.6) is 0 Å². The molecule has 0 amide bonds. The van der Waals surface area contributed by atoms with Crippen LogP contribution in [0.4, 0.5) is 0 Å². The Morgan fingerprint density at radius 3 is 2.00 bits per heavy atom. The van der Waals surface area contributed by atoms with E-state index in [0.29, 0.717) is 6.61 Å². The van der Waals surface area contributed by atoms with E-state index in [0.717, 1.165) is 25.7 Å². The average Bonchev–Trinajstić information content (AvgIpc) is 2.46. The highest BCUT2D eigenvalue weighted by molar-refractivity contribution is 5.75. The normalized spacial score (nSPS) is 11.9. The largest absolute Gasteiger partial charge is 0.469 e. The van der Waals surface area contributed by atoms with Crippen molar-refractivity contribution in [2.45, 2.75) is 67.2 Å². The number of ether oxygens (including phenoxy) is 2. The highest BCUT2D eigenvalue weighted by Crippen LogP contribution is 2.20. The maximum absolute atomic E-state index is 11.0. The molecular formula is C16H32O4. The van der Waals surface area contributed by atoms with Crippen molar-refractivity contribution in [3.63, 3.8) is 0 Å². The highest BCUT2D eigenvalue weighted by atomic mass is 16.5. The Bertz CT molecular complexity index is 272. The molecule has 0 rings (SSSR count). The van der Waals surface area contributed by atoms with Gasteiger partial charge >= 0.3 is 11.9 Å². The van der Waals surface area contributed by atoms with E-state index in [1.54, 1.807) is 0 Å². The molecule has 1 unspecified atom stereocenters. The first-order valence-corrected chi connectivity index (χ1v) is 7.51. The average molecular weight is 288 g/mol. The van der Waals surface area contributed by atoms with E-state index in [4.69, 9.17) is 4.74 Å². The van der Waals surface area contributed by atoms with E-state index >= 15 is 0 Å². The number of methoxy groups -OCH3 is 1. The standard InChI is InChI=1S/C9H18O2.C7H14O2/c1-4-6-7-11-9(10)8(3)5-2;1-5-7(2,3)6(8)9-4/h8H,4-7H2,1-3H3;5H2,1-4H3. The molecule has 0 bridgehead atoms. The fourth-order valence-electron chi connectivity index (χ4n) is 1.05. The summed E-state index contributed by atoms with van der Waals surface area (Å²) in [4.78, 5) is 21.9.